The summed E-state index contributed by atoms with van der Waals surface area (Å²) >= 11 is 0. The zero-order valence-electron chi connectivity index (χ0n) is 16.6. The van der Waals surface area contributed by atoms with Gasteiger partial charge in [0.1, 0.15) is 11.5 Å². The number of hydrogen-bond donors (Lipinski definition) is 2. The molecule has 1 heterocycles. The molecule has 0 spiro atoms. The van der Waals surface area contributed by atoms with E-state index in [1.54, 1.807) is 12.1 Å². The summed E-state index contributed by atoms with van der Waals surface area (Å²) in [6.07, 6.45) is 7.64. The normalized spacial score (nSPS) is 15.6. The van der Waals surface area contributed by atoms with E-state index in [0.717, 1.165) is 50.9 Å². The zero-order chi connectivity index (χ0) is 19.5. The van der Waals surface area contributed by atoms with E-state index in [-0.39, 0.29) is 17.7 Å². The third-order valence-corrected chi connectivity index (χ3v) is 5.21. The first-order chi connectivity index (χ1) is 13.1. The smallest absolute Gasteiger partial charge is 0.220 e. The van der Waals surface area contributed by atoms with Crippen molar-refractivity contribution >= 4 is 11.7 Å². The molecular formula is C22H34N2O3. The predicted molar refractivity (Wildman–Crippen MR) is 108 cm³/mol. The van der Waals surface area contributed by atoms with Crippen LogP contribution >= 0.6 is 0 Å². The van der Waals surface area contributed by atoms with Crippen molar-refractivity contribution in [3.63, 3.8) is 0 Å². The minimum Gasteiger partial charge on any atom is -0.508 e. The first kappa shape index (κ1) is 21.4. The van der Waals surface area contributed by atoms with Crippen LogP contribution in [0.25, 0.3) is 0 Å². The van der Waals surface area contributed by atoms with Crippen molar-refractivity contribution in [2.75, 3.05) is 19.6 Å². The summed E-state index contributed by atoms with van der Waals surface area (Å²) in [7, 11) is 0. The molecule has 1 aromatic carbocycles. The highest BCUT2D eigenvalue weighted by molar-refractivity contribution is 5.78. The summed E-state index contributed by atoms with van der Waals surface area (Å²) in [6.45, 7) is 4.98. The van der Waals surface area contributed by atoms with Crippen molar-refractivity contribution < 1.29 is 14.7 Å². The van der Waals surface area contributed by atoms with Crippen molar-refractivity contribution in [3.8, 4) is 5.75 Å². The summed E-state index contributed by atoms with van der Waals surface area (Å²) in [5.41, 5.74) is 1.12. The van der Waals surface area contributed by atoms with Crippen LogP contribution in [0.5, 0.6) is 5.75 Å². The van der Waals surface area contributed by atoms with Crippen LogP contribution in [0, 0.1) is 0 Å². The number of unbranched alkanes of at least 4 members (excludes halogenated alkanes) is 2. The number of benzene rings is 1. The number of carbonyl (C=O) groups excluding carboxylic acids is 2. The summed E-state index contributed by atoms with van der Waals surface area (Å²) < 4.78 is 0. The second kappa shape index (κ2) is 11.8. The third kappa shape index (κ3) is 8.57. The predicted octanol–water partition coefficient (Wildman–Crippen LogP) is 3.44. The molecule has 1 unspecified atom stereocenters. The maximum Gasteiger partial charge on any atom is 0.220 e. The van der Waals surface area contributed by atoms with Gasteiger partial charge in [0.2, 0.25) is 5.91 Å². The fraction of sp³-hybridized carbons (Fsp3) is 0.636. The van der Waals surface area contributed by atoms with Gasteiger partial charge in [0, 0.05) is 31.8 Å². The van der Waals surface area contributed by atoms with E-state index in [1.807, 2.05) is 19.1 Å². The number of rotatable bonds is 12. The van der Waals surface area contributed by atoms with Gasteiger partial charge in [-0.3, -0.25) is 9.59 Å². The fourth-order valence-electron chi connectivity index (χ4n) is 3.62. The van der Waals surface area contributed by atoms with Crippen LogP contribution < -0.4 is 5.32 Å². The lowest BCUT2D eigenvalue weighted by Crippen LogP contribution is -2.44. The Bertz CT molecular complexity index is 580. The first-order valence-corrected chi connectivity index (χ1v) is 10.4. The number of nitrogens with zero attached hydrogens (tertiary/aromatic N) is 1. The topological polar surface area (TPSA) is 69.6 Å². The van der Waals surface area contributed by atoms with E-state index in [1.165, 1.54) is 12.8 Å². The Balaban J connectivity index is 1.78. The minimum absolute atomic E-state index is 0.0850. The molecule has 0 aromatic heterocycles. The summed E-state index contributed by atoms with van der Waals surface area (Å²) in [5.74, 6) is 0.666. The van der Waals surface area contributed by atoms with Gasteiger partial charge in [-0.05, 0) is 62.9 Å². The Kier molecular flexibility index (Phi) is 9.32. The minimum atomic E-state index is 0.0850. The molecule has 1 amide bonds. The molecule has 1 aliphatic heterocycles. The number of ketones is 1. The highest BCUT2D eigenvalue weighted by Crippen LogP contribution is 2.14. The molecule has 0 saturated carbocycles. The number of Topliss-reactive ketones (excluding diaryl/α,β-unsaturated/α-hetero) is 1. The number of nitrogens with one attached hydrogen (secondary N) is 1. The van der Waals surface area contributed by atoms with Crippen LogP contribution in [-0.2, 0) is 16.0 Å². The maximum absolute atomic E-state index is 12.4. The van der Waals surface area contributed by atoms with Gasteiger partial charge in [-0.2, -0.15) is 0 Å². The average Bonchev–Trinajstić information content (AvgIpc) is 3.16. The van der Waals surface area contributed by atoms with Crippen LogP contribution in [0.1, 0.15) is 63.9 Å². The Morgan fingerprint density at radius 1 is 1.07 bits per heavy atom. The number of carbonyl (C=O) groups is 2. The van der Waals surface area contributed by atoms with Gasteiger partial charge in [-0.1, -0.05) is 25.5 Å². The van der Waals surface area contributed by atoms with Crippen molar-refractivity contribution in [2.45, 2.75) is 70.8 Å². The molecule has 2 rings (SSSR count). The Hall–Kier alpha value is -1.88. The Morgan fingerprint density at radius 3 is 2.41 bits per heavy atom. The molecule has 5 heteroatoms. The molecule has 150 valence electrons. The van der Waals surface area contributed by atoms with Gasteiger partial charge in [0.25, 0.3) is 0 Å². The Labute approximate surface area is 163 Å². The molecule has 1 aromatic rings. The van der Waals surface area contributed by atoms with Crippen LogP contribution in [0.15, 0.2) is 24.3 Å². The molecule has 2 N–H and O–H groups in total. The SMILES string of the molecule is CCC(=O)CCCCCC(=O)NC(Cc1ccc(O)cc1)CN1CCCC1. The van der Waals surface area contributed by atoms with E-state index >= 15 is 0 Å². The molecule has 1 saturated heterocycles. The van der Waals surface area contributed by atoms with Crippen LogP contribution in [0.3, 0.4) is 0 Å². The fourth-order valence-corrected chi connectivity index (χ4v) is 3.62. The molecule has 1 atom stereocenters. The lowest BCUT2D eigenvalue weighted by molar-refractivity contribution is -0.122. The number of phenols is 1. The third-order valence-electron chi connectivity index (χ3n) is 5.21. The van der Waals surface area contributed by atoms with E-state index in [2.05, 4.69) is 10.2 Å². The quantitative estimate of drug-likeness (QED) is 0.550. The zero-order valence-corrected chi connectivity index (χ0v) is 16.6. The largest absolute Gasteiger partial charge is 0.508 e. The molecule has 1 fully saturated rings. The van der Waals surface area contributed by atoms with Gasteiger partial charge in [-0.15, -0.1) is 0 Å². The second-order valence-electron chi connectivity index (χ2n) is 7.60. The van der Waals surface area contributed by atoms with E-state index in [4.69, 9.17) is 0 Å². The van der Waals surface area contributed by atoms with Crippen LogP contribution in [0.4, 0.5) is 0 Å². The van der Waals surface area contributed by atoms with E-state index in [0.29, 0.717) is 25.0 Å². The lowest BCUT2D eigenvalue weighted by Gasteiger charge is -2.25. The van der Waals surface area contributed by atoms with Crippen molar-refractivity contribution in [1.82, 2.24) is 10.2 Å². The molecule has 27 heavy (non-hydrogen) atoms. The number of likely N-dealkylation sites (tertiary alicyclic amines) is 1. The Morgan fingerprint density at radius 2 is 1.74 bits per heavy atom. The standard InChI is InChI=1S/C22H34N2O3/c1-2-20(25)8-4-3-5-9-22(27)23-19(17-24-14-6-7-15-24)16-18-10-12-21(26)13-11-18/h10-13,19,26H,2-9,14-17H2,1H3,(H,23,27). The van der Waals surface area contributed by atoms with Gasteiger partial charge < -0.3 is 15.3 Å². The van der Waals surface area contributed by atoms with Crippen molar-refractivity contribution in [2.24, 2.45) is 0 Å². The first-order valence-electron chi connectivity index (χ1n) is 10.4. The molecule has 0 aliphatic carbocycles. The van der Waals surface area contributed by atoms with E-state index < -0.39 is 0 Å². The number of aromatic hydroxyl groups is 1. The van der Waals surface area contributed by atoms with Gasteiger partial charge in [0.15, 0.2) is 0 Å². The number of hydrogen-bond acceptors (Lipinski definition) is 4. The van der Waals surface area contributed by atoms with E-state index in [9.17, 15) is 14.7 Å². The summed E-state index contributed by atoms with van der Waals surface area (Å²) in [4.78, 5) is 26.1. The molecule has 0 radical (unpaired) electrons. The van der Waals surface area contributed by atoms with Gasteiger partial charge >= 0.3 is 0 Å². The average molecular weight is 375 g/mol. The van der Waals surface area contributed by atoms with Crippen LogP contribution in [-0.4, -0.2) is 47.4 Å². The molecule has 1 aliphatic rings. The van der Waals surface area contributed by atoms with Crippen molar-refractivity contribution in [1.29, 1.82) is 0 Å². The molecule has 0 bridgehead atoms. The highest BCUT2D eigenvalue weighted by atomic mass is 16.3. The summed E-state index contributed by atoms with van der Waals surface area (Å²) in [5, 5.41) is 12.7. The van der Waals surface area contributed by atoms with Crippen LogP contribution in [0.2, 0.25) is 0 Å². The molecular weight excluding hydrogens is 340 g/mol. The molecule has 5 nitrogen and oxygen atoms in total. The second-order valence-corrected chi connectivity index (χ2v) is 7.60. The monoisotopic (exact) mass is 374 g/mol. The maximum atomic E-state index is 12.4. The van der Waals surface area contributed by atoms with Gasteiger partial charge in [0.05, 0.1) is 0 Å². The summed E-state index contributed by atoms with van der Waals surface area (Å²) in [6, 6.07) is 7.32. The number of amides is 1. The highest BCUT2D eigenvalue weighted by Gasteiger charge is 2.19. The lowest BCUT2D eigenvalue weighted by atomic mass is 10.0. The van der Waals surface area contributed by atoms with Gasteiger partial charge in [-0.25, -0.2) is 0 Å². The van der Waals surface area contributed by atoms with Crippen molar-refractivity contribution in [3.05, 3.63) is 29.8 Å². The number of phenolic OH excluding ortho intramolecular Hbond substituents is 1.